The lowest BCUT2D eigenvalue weighted by Crippen LogP contribution is -2.01. The molecule has 0 saturated carbocycles. The second-order valence-electron chi connectivity index (χ2n) is 15.6. The Kier molecular flexibility index (Phi) is 8.42. The van der Waals surface area contributed by atoms with Gasteiger partial charge >= 0.3 is 0 Å². The summed E-state index contributed by atoms with van der Waals surface area (Å²) >= 11 is 0. The lowest BCUT2D eigenvalue weighted by atomic mass is 9.93. The zero-order valence-corrected chi connectivity index (χ0v) is 33.6. The standard InChI is InChI=1S/C57H37N5/c1-5-17-38(18-6-1)55-58-56(39-19-7-2-8-20-39)60-57(59-55)50-35-40(41-30-33-48-46-25-13-15-27-51(46)62(54(48)37-41)44-23-11-4-12-24-44)29-32-45(50)42-31-34-53-49(36-42)47-26-14-16-28-52(47)61(53)43-21-9-3-10-22-43/h1-37H. The summed E-state index contributed by atoms with van der Waals surface area (Å²) in [4.78, 5) is 15.6. The first-order valence-corrected chi connectivity index (χ1v) is 20.9. The van der Waals surface area contributed by atoms with E-state index in [0.29, 0.717) is 17.5 Å². The first-order valence-electron chi connectivity index (χ1n) is 20.9. The molecule has 12 aromatic rings. The molecule has 0 aliphatic carbocycles. The number of nitrogens with zero attached hydrogens (tertiary/aromatic N) is 5. The van der Waals surface area contributed by atoms with Gasteiger partial charge in [-0.15, -0.1) is 0 Å². The van der Waals surface area contributed by atoms with E-state index >= 15 is 0 Å². The topological polar surface area (TPSA) is 48.5 Å². The van der Waals surface area contributed by atoms with Gasteiger partial charge in [0, 0.05) is 49.6 Å². The van der Waals surface area contributed by atoms with Crippen molar-refractivity contribution in [1.82, 2.24) is 24.1 Å². The van der Waals surface area contributed by atoms with E-state index in [1.165, 1.54) is 32.6 Å². The highest BCUT2D eigenvalue weighted by Gasteiger charge is 2.20. The summed E-state index contributed by atoms with van der Waals surface area (Å²) in [5, 5.41) is 4.82. The summed E-state index contributed by atoms with van der Waals surface area (Å²) in [6.07, 6.45) is 0. The minimum Gasteiger partial charge on any atom is -0.309 e. The van der Waals surface area contributed by atoms with Gasteiger partial charge in [0.1, 0.15) is 0 Å². The predicted molar refractivity (Wildman–Crippen MR) is 256 cm³/mol. The molecule has 0 aliphatic rings. The van der Waals surface area contributed by atoms with Crippen LogP contribution in [0.25, 0.3) is 111 Å². The van der Waals surface area contributed by atoms with Crippen molar-refractivity contribution < 1.29 is 0 Å². The number of para-hydroxylation sites is 4. The maximum absolute atomic E-state index is 5.28. The summed E-state index contributed by atoms with van der Waals surface area (Å²) in [6, 6.07) is 79.3. The maximum atomic E-state index is 5.28. The molecule has 0 atom stereocenters. The van der Waals surface area contributed by atoms with Crippen molar-refractivity contribution in [3.8, 4) is 67.8 Å². The van der Waals surface area contributed by atoms with Crippen LogP contribution in [0.15, 0.2) is 224 Å². The largest absolute Gasteiger partial charge is 0.309 e. The second kappa shape index (κ2) is 14.7. The van der Waals surface area contributed by atoms with Crippen LogP contribution in [0.3, 0.4) is 0 Å². The minimum absolute atomic E-state index is 0.612. The molecule has 3 aromatic heterocycles. The Morgan fingerprint density at radius 2 is 0.677 bits per heavy atom. The molecule has 5 heteroatoms. The van der Waals surface area contributed by atoms with Crippen LogP contribution in [0.1, 0.15) is 0 Å². The van der Waals surface area contributed by atoms with Gasteiger partial charge in [-0.05, 0) is 82.9 Å². The Bertz CT molecular complexity index is 3550. The molecule has 0 unspecified atom stereocenters. The lowest BCUT2D eigenvalue weighted by Gasteiger charge is -2.15. The van der Waals surface area contributed by atoms with E-state index in [1.54, 1.807) is 0 Å². The highest BCUT2D eigenvalue weighted by Crippen LogP contribution is 2.41. The molecule has 0 spiro atoms. The van der Waals surface area contributed by atoms with Crippen LogP contribution in [0, 0.1) is 0 Å². The summed E-state index contributed by atoms with van der Waals surface area (Å²) in [7, 11) is 0. The third-order valence-corrected chi connectivity index (χ3v) is 12.0. The fourth-order valence-corrected chi connectivity index (χ4v) is 9.09. The highest BCUT2D eigenvalue weighted by atomic mass is 15.0. The summed E-state index contributed by atoms with van der Waals surface area (Å²) in [5.41, 5.74) is 14.0. The summed E-state index contributed by atoms with van der Waals surface area (Å²) < 4.78 is 4.72. The van der Waals surface area contributed by atoms with E-state index in [1.807, 2.05) is 36.4 Å². The van der Waals surface area contributed by atoms with Gasteiger partial charge in [-0.25, -0.2) is 15.0 Å². The number of hydrogen-bond donors (Lipinski definition) is 0. The Labute approximate surface area is 358 Å². The van der Waals surface area contributed by atoms with Gasteiger partial charge in [-0.2, -0.15) is 0 Å². The molecule has 0 radical (unpaired) electrons. The Morgan fingerprint density at radius 3 is 1.29 bits per heavy atom. The molecule has 0 fully saturated rings. The molecule has 3 heterocycles. The molecule has 0 aliphatic heterocycles. The fourth-order valence-electron chi connectivity index (χ4n) is 9.09. The van der Waals surface area contributed by atoms with Gasteiger partial charge in [-0.1, -0.05) is 164 Å². The zero-order chi connectivity index (χ0) is 41.0. The van der Waals surface area contributed by atoms with E-state index in [2.05, 4.69) is 197 Å². The molecule has 9 aromatic carbocycles. The molecule has 0 bridgehead atoms. The number of fused-ring (bicyclic) bond motifs is 6. The Morgan fingerprint density at radius 1 is 0.242 bits per heavy atom. The molecule has 0 N–H and O–H groups in total. The van der Waals surface area contributed by atoms with Gasteiger partial charge in [-0.3, -0.25) is 0 Å². The molecule has 5 nitrogen and oxygen atoms in total. The van der Waals surface area contributed by atoms with Gasteiger partial charge in [0.05, 0.1) is 22.1 Å². The van der Waals surface area contributed by atoms with Gasteiger partial charge in [0.2, 0.25) is 0 Å². The van der Waals surface area contributed by atoms with Crippen LogP contribution in [-0.2, 0) is 0 Å². The smallest absolute Gasteiger partial charge is 0.164 e. The van der Waals surface area contributed by atoms with Crippen LogP contribution in [0.4, 0.5) is 0 Å². The molecule has 62 heavy (non-hydrogen) atoms. The van der Waals surface area contributed by atoms with E-state index < -0.39 is 0 Å². The molecular formula is C57H37N5. The molecule has 0 saturated heterocycles. The molecule has 12 rings (SSSR count). The van der Waals surface area contributed by atoms with Crippen LogP contribution in [-0.4, -0.2) is 24.1 Å². The zero-order valence-electron chi connectivity index (χ0n) is 33.6. The SMILES string of the molecule is c1ccc(-c2nc(-c3ccccc3)nc(-c3cc(-c4ccc5c6ccccc6n(-c6ccccc6)c5c4)ccc3-c3ccc4c(c3)c3ccccc3n4-c3ccccc3)n2)cc1. The molecule has 0 amide bonds. The number of hydrogen-bond acceptors (Lipinski definition) is 3. The van der Waals surface area contributed by atoms with Crippen molar-refractivity contribution in [2.24, 2.45) is 0 Å². The highest BCUT2D eigenvalue weighted by molar-refractivity contribution is 6.12. The van der Waals surface area contributed by atoms with Crippen molar-refractivity contribution in [1.29, 1.82) is 0 Å². The third-order valence-electron chi connectivity index (χ3n) is 12.0. The van der Waals surface area contributed by atoms with Crippen LogP contribution >= 0.6 is 0 Å². The van der Waals surface area contributed by atoms with Crippen LogP contribution < -0.4 is 0 Å². The second-order valence-corrected chi connectivity index (χ2v) is 15.6. The first-order chi connectivity index (χ1) is 30.7. The molecular weight excluding hydrogens is 755 g/mol. The molecule has 290 valence electrons. The average molecular weight is 792 g/mol. The van der Waals surface area contributed by atoms with E-state index in [9.17, 15) is 0 Å². The Balaban J connectivity index is 1.11. The average Bonchev–Trinajstić information content (AvgIpc) is 3.87. The summed E-state index contributed by atoms with van der Waals surface area (Å²) in [6.45, 7) is 0. The van der Waals surface area contributed by atoms with Crippen LogP contribution in [0.5, 0.6) is 0 Å². The summed E-state index contributed by atoms with van der Waals surface area (Å²) in [5.74, 6) is 1.86. The maximum Gasteiger partial charge on any atom is 0.164 e. The quantitative estimate of drug-likeness (QED) is 0.162. The van der Waals surface area contributed by atoms with Crippen molar-refractivity contribution in [3.63, 3.8) is 0 Å². The lowest BCUT2D eigenvalue weighted by molar-refractivity contribution is 1.07. The number of rotatable bonds is 7. The van der Waals surface area contributed by atoms with Crippen LogP contribution in [0.2, 0.25) is 0 Å². The third kappa shape index (κ3) is 5.98. The van der Waals surface area contributed by atoms with Gasteiger partial charge in [0.15, 0.2) is 17.5 Å². The van der Waals surface area contributed by atoms with E-state index in [4.69, 9.17) is 15.0 Å². The van der Waals surface area contributed by atoms with Crippen molar-refractivity contribution in [2.45, 2.75) is 0 Å². The number of aromatic nitrogens is 5. The van der Waals surface area contributed by atoms with Crippen molar-refractivity contribution in [2.75, 3.05) is 0 Å². The van der Waals surface area contributed by atoms with E-state index in [0.717, 1.165) is 61.4 Å². The Hall–Kier alpha value is -8.41. The predicted octanol–water partition coefficient (Wildman–Crippen LogP) is 14.4. The first kappa shape index (κ1) is 35.5. The fraction of sp³-hybridized carbons (Fsp3) is 0. The number of benzene rings is 9. The van der Waals surface area contributed by atoms with E-state index in [-0.39, 0.29) is 0 Å². The van der Waals surface area contributed by atoms with Crippen molar-refractivity contribution >= 4 is 43.6 Å². The van der Waals surface area contributed by atoms with Gasteiger partial charge < -0.3 is 9.13 Å². The van der Waals surface area contributed by atoms with Gasteiger partial charge in [0.25, 0.3) is 0 Å². The minimum atomic E-state index is 0.612. The monoisotopic (exact) mass is 791 g/mol. The normalized spacial score (nSPS) is 11.5. The van der Waals surface area contributed by atoms with Crippen molar-refractivity contribution in [3.05, 3.63) is 224 Å².